The summed E-state index contributed by atoms with van der Waals surface area (Å²) in [6.07, 6.45) is 6.05. The zero-order valence-electron chi connectivity index (χ0n) is 20.7. The molecule has 4 bridgehead atoms. The van der Waals surface area contributed by atoms with Gasteiger partial charge in [0.1, 0.15) is 0 Å². The van der Waals surface area contributed by atoms with Gasteiger partial charge in [-0.3, -0.25) is 19.6 Å². The van der Waals surface area contributed by atoms with Gasteiger partial charge in [-0.05, 0) is 92.2 Å². The van der Waals surface area contributed by atoms with Crippen molar-refractivity contribution in [3.63, 3.8) is 0 Å². The minimum Gasteiger partial charge on any atom is -0.301 e. The van der Waals surface area contributed by atoms with E-state index in [-0.39, 0.29) is 17.0 Å². The largest absolute Gasteiger partial charge is 0.301 e. The SMILES string of the molecule is O=c1c(=NNc2ccccc2)c(=O)n(C2C3CC4CC(C3)CC2C4)c2ccccc2n1-c1ccccc1. The van der Waals surface area contributed by atoms with Gasteiger partial charge in [0.05, 0.1) is 16.7 Å². The number of nitrogens with zero attached hydrogens (tertiary/aromatic N) is 3. The Labute approximate surface area is 214 Å². The zero-order valence-corrected chi connectivity index (χ0v) is 20.7. The summed E-state index contributed by atoms with van der Waals surface area (Å²) >= 11 is 0. The van der Waals surface area contributed by atoms with Crippen LogP contribution in [-0.4, -0.2) is 9.13 Å². The van der Waals surface area contributed by atoms with Crippen LogP contribution in [0.15, 0.2) is 99.6 Å². The molecule has 37 heavy (non-hydrogen) atoms. The number of fused-ring (bicyclic) bond motifs is 1. The van der Waals surface area contributed by atoms with Gasteiger partial charge in [-0.2, -0.15) is 5.10 Å². The van der Waals surface area contributed by atoms with Gasteiger partial charge >= 0.3 is 0 Å². The molecule has 186 valence electrons. The fourth-order valence-electron chi connectivity index (χ4n) is 7.56. The third-order valence-electron chi connectivity index (χ3n) is 8.77. The zero-order chi connectivity index (χ0) is 24.9. The molecular formula is C31H30N4O2. The van der Waals surface area contributed by atoms with Crippen LogP contribution < -0.4 is 21.9 Å². The molecule has 8 rings (SSSR count). The van der Waals surface area contributed by atoms with Crippen LogP contribution in [0.2, 0.25) is 0 Å². The molecule has 4 aliphatic carbocycles. The molecule has 6 heteroatoms. The second-order valence-electron chi connectivity index (χ2n) is 11.0. The number of para-hydroxylation sites is 4. The van der Waals surface area contributed by atoms with E-state index in [0.29, 0.717) is 17.5 Å². The van der Waals surface area contributed by atoms with Gasteiger partial charge in [-0.1, -0.05) is 48.5 Å². The molecule has 6 nitrogen and oxygen atoms in total. The van der Waals surface area contributed by atoms with E-state index >= 15 is 0 Å². The highest BCUT2D eigenvalue weighted by molar-refractivity contribution is 5.77. The first-order chi connectivity index (χ1) is 18.2. The second kappa shape index (κ2) is 8.87. The summed E-state index contributed by atoms with van der Waals surface area (Å²) in [4.78, 5) is 28.6. The Morgan fingerprint density at radius 2 is 1.22 bits per heavy atom. The first-order valence-electron chi connectivity index (χ1n) is 13.4. The van der Waals surface area contributed by atoms with E-state index in [0.717, 1.165) is 28.6 Å². The molecule has 0 aliphatic heterocycles. The normalized spacial score (nSPS) is 26.5. The van der Waals surface area contributed by atoms with Crippen molar-refractivity contribution < 1.29 is 0 Å². The van der Waals surface area contributed by atoms with Crippen molar-refractivity contribution in [2.45, 2.75) is 38.1 Å². The predicted molar refractivity (Wildman–Crippen MR) is 146 cm³/mol. The number of nitrogens with one attached hydrogen (secondary N) is 1. The van der Waals surface area contributed by atoms with E-state index in [1.807, 2.05) is 89.5 Å². The smallest absolute Gasteiger partial charge is 0.289 e. The van der Waals surface area contributed by atoms with Gasteiger partial charge in [-0.25, -0.2) is 0 Å². The Morgan fingerprint density at radius 1 is 0.649 bits per heavy atom. The molecule has 0 spiro atoms. The van der Waals surface area contributed by atoms with Gasteiger partial charge in [0.25, 0.3) is 11.1 Å². The minimum absolute atomic E-state index is 0.0855. The molecule has 4 fully saturated rings. The van der Waals surface area contributed by atoms with E-state index in [2.05, 4.69) is 10.5 Å². The van der Waals surface area contributed by atoms with Crippen molar-refractivity contribution in [2.24, 2.45) is 28.8 Å². The Hall–Kier alpha value is -3.93. The van der Waals surface area contributed by atoms with Crippen molar-refractivity contribution in [1.29, 1.82) is 0 Å². The third-order valence-corrected chi connectivity index (χ3v) is 8.77. The van der Waals surface area contributed by atoms with E-state index in [9.17, 15) is 9.59 Å². The van der Waals surface area contributed by atoms with Gasteiger partial charge < -0.3 is 4.57 Å². The molecule has 0 atom stereocenters. The predicted octanol–water partition coefficient (Wildman–Crippen LogP) is 5.08. The lowest BCUT2D eigenvalue weighted by Crippen LogP contribution is -2.51. The van der Waals surface area contributed by atoms with Crippen LogP contribution in [0.25, 0.3) is 16.7 Å². The molecule has 0 saturated heterocycles. The molecule has 1 aromatic heterocycles. The average Bonchev–Trinajstić information content (AvgIpc) is 3.00. The van der Waals surface area contributed by atoms with Crippen molar-refractivity contribution >= 4 is 16.7 Å². The Balaban J connectivity index is 1.56. The fraction of sp³-hybridized carbons (Fsp3) is 0.323. The molecule has 0 radical (unpaired) electrons. The van der Waals surface area contributed by atoms with E-state index in [4.69, 9.17) is 0 Å². The van der Waals surface area contributed by atoms with Crippen LogP contribution in [0.5, 0.6) is 0 Å². The first kappa shape index (κ1) is 22.3. The molecule has 1 heterocycles. The minimum atomic E-state index is -0.418. The molecule has 3 aromatic carbocycles. The lowest BCUT2D eigenvalue weighted by molar-refractivity contribution is -0.0287. The second-order valence-corrected chi connectivity index (χ2v) is 11.0. The number of hydrogen-bond acceptors (Lipinski definition) is 4. The maximum atomic E-state index is 14.4. The van der Waals surface area contributed by atoms with Gasteiger partial charge in [-0.15, -0.1) is 0 Å². The molecular weight excluding hydrogens is 460 g/mol. The summed E-state index contributed by atoms with van der Waals surface area (Å²) in [5.74, 6) is 2.50. The maximum Gasteiger partial charge on any atom is 0.289 e. The molecule has 0 amide bonds. The highest BCUT2D eigenvalue weighted by Gasteiger charge is 2.49. The maximum absolute atomic E-state index is 14.4. The quantitative estimate of drug-likeness (QED) is 0.406. The first-order valence-corrected chi connectivity index (χ1v) is 13.4. The monoisotopic (exact) mass is 490 g/mol. The summed E-state index contributed by atoms with van der Waals surface area (Å²) in [6.45, 7) is 0. The van der Waals surface area contributed by atoms with Crippen molar-refractivity contribution in [2.75, 3.05) is 5.43 Å². The van der Waals surface area contributed by atoms with Crippen LogP contribution in [0, 0.1) is 23.7 Å². The molecule has 0 unspecified atom stereocenters. The summed E-state index contributed by atoms with van der Waals surface area (Å²) in [6, 6.07) is 26.9. The van der Waals surface area contributed by atoms with E-state index < -0.39 is 5.56 Å². The highest BCUT2D eigenvalue weighted by atomic mass is 16.1. The summed E-state index contributed by atoms with van der Waals surface area (Å²) < 4.78 is 3.60. The van der Waals surface area contributed by atoms with Crippen LogP contribution in [0.1, 0.15) is 38.1 Å². The molecule has 4 aliphatic rings. The number of aromatic nitrogens is 2. The standard InChI is InChI=1S/C31H30N4O2/c36-30-28(33-32-24-9-3-1-4-10-24)31(37)35(29-22-16-20-15-21(18-22)19-23(29)17-20)27-14-8-7-13-26(27)34(30)25-11-5-2-6-12-25/h1-14,20-23,29,32H,15-19H2. The highest BCUT2D eigenvalue weighted by Crippen LogP contribution is 2.58. The Morgan fingerprint density at radius 3 is 1.86 bits per heavy atom. The third kappa shape index (κ3) is 3.74. The van der Waals surface area contributed by atoms with Crippen LogP contribution in [0.3, 0.4) is 0 Å². The number of benzene rings is 3. The van der Waals surface area contributed by atoms with E-state index in [1.165, 1.54) is 32.1 Å². The van der Waals surface area contributed by atoms with Gasteiger partial charge in [0.2, 0.25) is 5.36 Å². The topological polar surface area (TPSA) is 68.4 Å². The lowest BCUT2D eigenvalue weighted by Gasteiger charge is -2.54. The molecule has 1 N–H and O–H groups in total. The molecule has 4 saturated carbocycles. The van der Waals surface area contributed by atoms with Gasteiger partial charge in [0, 0.05) is 11.7 Å². The number of rotatable bonds is 4. The number of anilines is 1. The Bertz CT molecular complexity index is 1630. The number of hydrogen-bond donors (Lipinski definition) is 1. The summed E-state index contributed by atoms with van der Waals surface area (Å²) in [7, 11) is 0. The molecule has 4 aromatic rings. The van der Waals surface area contributed by atoms with Crippen LogP contribution in [-0.2, 0) is 0 Å². The van der Waals surface area contributed by atoms with Crippen LogP contribution >= 0.6 is 0 Å². The van der Waals surface area contributed by atoms with Gasteiger partial charge in [0.15, 0.2) is 0 Å². The fourth-order valence-corrected chi connectivity index (χ4v) is 7.56. The Kier molecular flexibility index (Phi) is 5.34. The summed E-state index contributed by atoms with van der Waals surface area (Å²) in [5.41, 5.74) is 5.22. The van der Waals surface area contributed by atoms with E-state index in [1.54, 1.807) is 4.57 Å². The van der Waals surface area contributed by atoms with Crippen LogP contribution in [0.4, 0.5) is 5.69 Å². The van der Waals surface area contributed by atoms with Crippen molar-refractivity contribution in [3.05, 3.63) is 111 Å². The lowest BCUT2D eigenvalue weighted by atomic mass is 9.54. The van der Waals surface area contributed by atoms with Crippen molar-refractivity contribution in [3.8, 4) is 5.69 Å². The summed E-state index contributed by atoms with van der Waals surface area (Å²) in [5, 5.41) is 4.40. The average molecular weight is 491 g/mol. The van der Waals surface area contributed by atoms with Crippen molar-refractivity contribution in [1.82, 2.24) is 9.13 Å².